The Morgan fingerprint density at radius 2 is 1.95 bits per heavy atom. The molecule has 1 fully saturated rings. The van der Waals surface area contributed by atoms with E-state index in [1.165, 1.54) is 7.11 Å². The van der Waals surface area contributed by atoms with E-state index in [1.807, 2.05) is 12.1 Å². The molecule has 2 rings (SSSR count). The van der Waals surface area contributed by atoms with Crippen molar-refractivity contribution in [3.05, 3.63) is 34.9 Å². The Hall–Kier alpha value is -0.620. The normalized spacial score (nSPS) is 30.3. The van der Waals surface area contributed by atoms with E-state index in [0.29, 0.717) is 5.02 Å². The lowest BCUT2D eigenvalue weighted by Gasteiger charge is -2.10. The van der Waals surface area contributed by atoms with Gasteiger partial charge in [-0.1, -0.05) is 30.7 Å². The summed E-state index contributed by atoms with van der Waals surface area (Å²) in [4.78, 5) is 0. The molecule has 0 aliphatic heterocycles. The van der Waals surface area contributed by atoms with Crippen LogP contribution in [0.15, 0.2) is 24.3 Å². The maximum atomic E-state index is 12.1. The molecule has 1 aliphatic rings. The minimum Gasteiger partial charge on any atom is -0.383 e. The van der Waals surface area contributed by atoms with Gasteiger partial charge in [0.05, 0.1) is 17.4 Å². The van der Waals surface area contributed by atoms with Gasteiger partial charge in [0, 0.05) is 23.8 Å². The third kappa shape index (κ3) is 2.52. The Morgan fingerprint density at radius 3 is 2.42 bits per heavy atom. The predicted octanol–water partition coefficient (Wildman–Crippen LogP) is 1.58. The molecule has 19 heavy (non-hydrogen) atoms. The zero-order valence-electron chi connectivity index (χ0n) is 11.0. The van der Waals surface area contributed by atoms with Crippen LogP contribution in [0.1, 0.15) is 18.4 Å². The number of nitrogens with two attached hydrogens (primary N) is 1. The van der Waals surface area contributed by atoms with Crippen molar-refractivity contribution in [2.75, 3.05) is 19.5 Å². The van der Waals surface area contributed by atoms with Crippen LogP contribution in [0.25, 0.3) is 0 Å². The molecule has 1 saturated carbocycles. The van der Waals surface area contributed by atoms with Crippen LogP contribution in [0.2, 0.25) is 5.02 Å². The highest BCUT2D eigenvalue weighted by molar-refractivity contribution is 7.92. The van der Waals surface area contributed by atoms with Crippen LogP contribution < -0.4 is 5.73 Å². The Morgan fingerprint density at radius 1 is 1.37 bits per heavy atom. The third-order valence-electron chi connectivity index (χ3n) is 3.72. The number of hydrogen-bond donors (Lipinski definition) is 1. The van der Waals surface area contributed by atoms with Crippen LogP contribution in [0.5, 0.6) is 0 Å². The number of halogens is 1. The van der Waals surface area contributed by atoms with Crippen molar-refractivity contribution in [3.8, 4) is 0 Å². The summed E-state index contributed by atoms with van der Waals surface area (Å²) in [6.07, 6.45) is 0. The van der Waals surface area contributed by atoms with Gasteiger partial charge >= 0.3 is 0 Å². The van der Waals surface area contributed by atoms with E-state index in [2.05, 4.69) is 0 Å². The molecule has 3 atom stereocenters. The molecule has 0 amide bonds. The second-order valence-corrected chi connectivity index (χ2v) is 7.79. The molecule has 0 unspecified atom stereocenters. The molecular formula is C13H18ClNO3S. The summed E-state index contributed by atoms with van der Waals surface area (Å²) in [5.41, 5.74) is 6.30. The fourth-order valence-corrected chi connectivity index (χ4v) is 4.84. The summed E-state index contributed by atoms with van der Waals surface area (Å²) in [5, 5.41) is 0.0415. The summed E-state index contributed by atoms with van der Waals surface area (Å²) in [5.74, 6) is -0.139. The van der Waals surface area contributed by atoms with E-state index in [1.54, 1.807) is 19.1 Å². The van der Waals surface area contributed by atoms with Gasteiger partial charge in [-0.2, -0.15) is 0 Å². The molecule has 1 aromatic carbocycles. The average Bonchev–Trinajstić information content (AvgIpc) is 2.97. The molecular weight excluding hydrogens is 286 g/mol. The first-order chi connectivity index (χ1) is 8.86. The van der Waals surface area contributed by atoms with Gasteiger partial charge in [-0.05, 0) is 17.7 Å². The monoisotopic (exact) mass is 303 g/mol. The van der Waals surface area contributed by atoms with Crippen LogP contribution in [-0.2, 0) is 14.6 Å². The van der Waals surface area contributed by atoms with Gasteiger partial charge in [-0.15, -0.1) is 0 Å². The summed E-state index contributed by atoms with van der Waals surface area (Å²) >= 11 is 5.85. The number of hydrogen-bond acceptors (Lipinski definition) is 4. The topological polar surface area (TPSA) is 69.4 Å². The Bertz CT molecular complexity index is 558. The highest BCUT2D eigenvalue weighted by Crippen LogP contribution is 2.54. The van der Waals surface area contributed by atoms with E-state index >= 15 is 0 Å². The second-order valence-electron chi connectivity index (χ2n) is 4.95. The standard InChI is InChI=1S/C13H18ClNO3S/c1-3-19(16,17)12-11(13(12,15)8-18-2)9-4-6-10(14)7-5-9/h4-7,11-12H,3,8,15H2,1-2H3/t11-,12-,13-/m1/s1. The van der Waals surface area contributed by atoms with Crippen molar-refractivity contribution < 1.29 is 13.2 Å². The largest absolute Gasteiger partial charge is 0.383 e. The first kappa shape index (κ1) is 14.8. The number of benzene rings is 1. The molecule has 0 saturated heterocycles. The van der Waals surface area contributed by atoms with Crippen molar-refractivity contribution in [3.63, 3.8) is 0 Å². The predicted molar refractivity (Wildman–Crippen MR) is 76.2 cm³/mol. The van der Waals surface area contributed by atoms with Crippen LogP contribution in [0, 0.1) is 0 Å². The first-order valence-corrected chi connectivity index (χ1v) is 8.21. The van der Waals surface area contributed by atoms with Gasteiger partial charge in [-0.25, -0.2) is 8.42 Å². The molecule has 1 aliphatic carbocycles. The summed E-state index contributed by atoms with van der Waals surface area (Å²) in [7, 11) is -1.67. The highest BCUT2D eigenvalue weighted by Gasteiger charge is 2.68. The Balaban J connectivity index is 2.36. The maximum absolute atomic E-state index is 12.1. The molecule has 1 aromatic rings. The molecule has 0 bridgehead atoms. The van der Waals surface area contributed by atoms with E-state index < -0.39 is 20.6 Å². The van der Waals surface area contributed by atoms with E-state index in [-0.39, 0.29) is 18.3 Å². The zero-order chi connectivity index (χ0) is 14.3. The van der Waals surface area contributed by atoms with Gasteiger partial charge in [0.25, 0.3) is 0 Å². The number of sulfone groups is 1. The van der Waals surface area contributed by atoms with Crippen molar-refractivity contribution in [1.29, 1.82) is 0 Å². The van der Waals surface area contributed by atoms with Crippen molar-refractivity contribution in [1.82, 2.24) is 0 Å². The maximum Gasteiger partial charge on any atom is 0.155 e. The Labute approximate surface area is 118 Å². The van der Waals surface area contributed by atoms with Crippen molar-refractivity contribution in [2.24, 2.45) is 5.73 Å². The molecule has 0 spiro atoms. The van der Waals surface area contributed by atoms with Gasteiger partial charge in [-0.3, -0.25) is 0 Å². The molecule has 0 aromatic heterocycles. The minimum absolute atomic E-state index is 0.0877. The minimum atomic E-state index is -3.20. The lowest BCUT2D eigenvalue weighted by molar-refractivity contribution is 0.171. The van der Waals surface area contributed by atoms with Crippen molar-refractivity contribution >= 4 is 21.4 Å². The average molecular weight is 304 g/mol. The van der Waals surface area contributed by atoms with Gasteiger partial charge in [0.2, 0.25) is 0 Å². The molecule has 0 radical (unpaired) electrons. The van der Waals surface area contributed by atoms with Crippen molar-refractivity contribution in [2.45, 2.75) is 23.6 Å². The summed E-state index contributed by atoms with van der Waals surface area (Å²) in [6.45, 7) is 1.87. The van der Waals surface area contributed by atoms with E-state index in [4.69, 9.17) is 22.1 Å². The van der Waals surface area contributed by atoms with Crippen LogP contribution >= 0.6 is 11.6 Å². The third-order valence-corrected chi connectivity index (χ3v) is 6.26. The zero-order valence-corrected chi connectivity index (χ0v) is 12.5. The quantitative estimate of drug-likeness (QED) is 0.897. The molecule has 2 N–H and O–H groups in total. The summed E-state index contributed by atoms with van der Waals surface area (Å²) in [6, 6.07) is 7.15. The molecule has 6 heteroatoms. The van der Waals surface area contributed by atoms with Crippen LogP contribution in [-0.4, -0.2) is 38.7 Å². The molecule has 106 valence electrons. The first-order valence-electron chi connectivity index (χ1n) is 6.11. The number of ether oxygens (including phenoxy) is 1. The van der Waals surface area contributed by atoms with E-state index in [0.717, 1.165) is 5.56 Å². The second kappa shape index (κ2) is 5.05. The fourth-order valence-electron chi connectivity index (χ4n) is 2.72. The molecule has 0 heterocycles. The fraction of sp³-hybridized carbons (Fsp3) is 0.538. The highest BCUT2D eigenvalue weighted by atomic mass is 35.5. The SMILES string of the molecule is CCS(=O)(=O)[C@@H]1[C@@H](c2ccc(Cl)cc2)[C@]1(N)COC. The van der Waals surface area contributed by atoms with Gasteiger partial charge in [0.15, 0.2) is 9.84 Å². The Kier molecular flexibility index (Phi) is 3.93. The van der Waals surface area contributed by atoms with Crippen LogP contribution in [0.4, 0.5) is 0 Å². The molecule has 4 nitrogen and oxygen atoms in total. The van der Waals surface area contributed by atoms with Crippen LogP contribution in [0.3, 0.4) is 0 Å². The lowest BCUT2D eigenvalue weighted by atomic mass is 10.1. The number of rotatable bonds is 5. The van der Waals surface area contributed by atoms with E-state index in [9.17, 15) is 8.42 Å². The summed E-state index contributed by atoms with van der Waals surface area (Å²) < 4.78 is 29.4. The smallest absolute Gasteiger partial charge is 0.155 e. The lowest BCUT2D eigenvalue weighted by Crippen LogP contribution is -2.36. The number of methoxy groups -OCH3 is 1. The van der Waals surface area contributed by atoms with Gasteiger partial charge in [0.1, 0.15) is 0 Å². The van der Waals surface area contributed by atoms with Gasteiger partial charge < -0.3 is 10.5 Å².